The van der Waals surface area contributed by atoms with Crippen molar-refractivity contribution in [3.8, 4) is 22.8 Å². The molecular weight excluding hydrogens is 498 g/mol. The predicted octanol–water partition coefficient (Wildman–Crippen LogP) is 7.51. The molecule has 1 aliphatic rings. The van der Waals surface area contributed by atoms with E-state index in [9.17, 15) is 8.78 Å². The van der Waals surface area contributed by atoms with E-state index in [1.165, 1.54) is 0 Å². The van der Waals surface area contributed by atoms with Gasteiger partial charge < -0.3 is 9.72 Å². The Balaban J connectivity index is 1.26. The smallest absolute Gasteiger partial charge is 0.248 e. The van der Waals surface area contributed by atoms with Crippen molar-refractivity contribution in [2.45, 2.75) is 51.5 Å². The van der Waals surface area contributed by atoms with Crippen LogP contribution in [0.25, 0.3) is 33.3 Å². The first-order chi connectivity index (χ1) is 17.8. The summed E-state index contributed by atoms with van der Waals surface area (Å²) in [4.78, 5) is 16.9. The Labute approximate surface area is 216 Å². The first-order valence-corrected chi connectivity index (χ1v) is 12.7. The van der Waals surface area contributed by atoms with Gasteiger partial charge in [-0.25, -0.2) is 18.7 Å². The van der Waals surface area contributed by atoms with Gasteiger partial charge in [-0.15, -0.1) is 0 Å². The summed E-state index contributed by atoms with van der Waals surface area (Å²) in [7, 11) is 0. The van der Waals surface area contributed by atoms with E-state index < -0.39 is 5.92 Å². The molecule has 0 spiro atoms. The average Bonchev–Trinajstić information content (AvgIpc) is 3.51. The lowest BCUT2D eigenvalue weighted by Gasteiger charge is -2.32. The molecule has 1 saturated carbocycles. The van der Waals surface area contributed by atoms with Gasteiger partial charge >= 0.3 is 0 Å². The summed E-state index contributed by atoms with van der Waals surface area (Å²) in [5.74, 6) is -0.462. The van der Waals surface area contributed by atoms with Gasteiger partial charge in [-0.3, -0.25) is 9.67 Å². The van der Waals surface area contributed by atoms with Crippen LogP contribution in [0.3, 0.4) is 0 Å². The molecule has 7 nitrogen and oxygen atoms in total. The standard InChI is InChI=1S/C27H25ClF2N6O/c1-15(17-7-9-27(29,30)10-8-17)36-14-18(12-32-36)23-13-31-21-5-6-24(25(28)26(21)35-23)37-19-3-4-20-22(11-19)34-16(2)33-20/h3-6,11-15,17H,7-10H2,1-2H3,(H,33,34). The third-order valence-corrected chi connectivity index (χ3v) is 7.54. The quantitative estimate of drug-likeness (QED) is 0.258. The summed E-state index contributed by atoms with van der Waals surface area (Å²) < 4.78 is 35.1. The number of hydrogen-bond donors (Lipinski definition) is 1. The number of nitrogens with zero attached hydrogens (tertiary/aromatic N) is 5. The Morgan fingerprint density at radius 3 is 2.70 bits per heavy atom. The van der Waals surface area contributed by atoms with E-state index in [1.54, 1.807) is 18.5 Å². The third kappa shape index (κ3) is 4.64. The number of hydrogen-bond acceptors (Lipinski definition) is 5. The third-order valence-electron chi connectivity index (χ3n) is 7.18. The highest BCUT2D eigenvalue weighted by Gasteiger charge is 2.37. The van der Waals surface area contributed by atoms with Gasteiger partial charge in [-0.2, -0.15) is 5.10 Å². The molecule has 0 bridgehead atoms. The molecule has 0 amide bonds. The highest BCUT2D eigenvalue weighted by Crippen LogP contribution is 2.41. The molecular formula is C27H25ClF2N6O. The second kappa shape index (κ2) is 9.06. The number of rotatable bonds is 5. The summed E-state index contributed by atoms with van der Waals surface area (Å²) >= 11 is 6.72. The highest BCUT2D eigenvalue weighted by molar-refractivity contribution is 6.36. The van der Waals surface area contributed by atoms with Gasteiger partial charge in [0, 0.05) is 30.7 Å². The number of H-pyrrole nitrogens is 1. The van der Waals surface area contributed by atoms with Crippen molar-refractivity contribution in [1.82, 2.24) is 29.7 Å². The van der Waals surface area contributed by atoms with E-state index in [0.29, 0.717) is 46.1 Å². The molecule has 10 heteroatoms. The largest absolute Gasteiger partial charge is 0.456 e. The molecule has 37 heavy (non-hydrogen) atoms. The number of aromatic amines is 1. The van der Waals surface area contributed by atoms with Crippen LogP contribution in [0.1, 0.15) is 44.5 Å². The molecule has 6 rings (SSSR count). The molecule has 3 aromatic heterocycles. The van der Waals surface area contributed by atoms with Crippen LogP contribution in [0.15, 0.2) is 48.9 Å². The number of imidazole rings is 1. The number of nitrogens with one attached hydrogen (secondary N) is 1. The number of fused-ring (bicyclic) bond motifs is 2. The van der Waals surface area contributed by atoms with E-state index in [4.69, 9.17) is 21.3 Å². The van der Waals surface area contributed by atoms with Crippen molar-refractivity contribution in [3.63, 3.8) is 0 Å². The molecule has 1 unspecified atom stereocenters. The average molecular weight is 523 g/mol. The van der Waals surface area contributed by atoms with Crippen LogP contribution in [-0.2, 0) is 0 Å². The number of benzene rings is 2. The van der Waals surface area contributed by atoms with Crippen LogP contribution in [0.5, 0.6) is 11.5 Å². The summed E-state index contributed by atoms with van der Waals surface area (Å²) in [6.07, 6.45) is 6.15. The van der Waals surface area contributed by atoms with Gasteiger partial charge in [0.05, 0.1) is 40.7 Å². The summed E-state index contributed by atoms with van der Waals surface area (Å²) in [6.45, 7) is 3.93. The Morgan fingerprint density at radius 2 is 1.89 bits per heavy atom. The first kappa shape index (κ1) is 23.8. The molecule has 1 atom stereocenters. The number of alkyl halides is 2. The zero-order valence-corrected chi connectivity index (χ0v) is 21.1. The molecule has 5 aromatic rings. The minimum Gasteiger partial charge on any atom is -0.456 e. The molecule has 0 aliphatic heterocycles. The number of aromatic nitrogens is 6. The minimum atomic E-state index is -2.54. The molecule has 0 radical (unpaired) electrons. The van der Waals surface area contributed by atoms with Crippen LogP contribution in [-0.4, -0.2) is 35.6 Å². The Bertz CT molecular complexity index is 1600. The van der Waals surface area contributed by atoms with Crippen molar-refractivity contribution in [2.24, 2.45) is 5.92 Å². The molecule has 1 N–H and O–H groups in total. The first-order valence-electron chi connectivity index (χ1n) is 12.3. The topological polar surface area (TPSA) is 81.5 Å². The maximum atomic E-state index is 13.6. The number of aryl methyl sites for hydroxylation is 1. The van der Waals surface area contributed by atoms with Crippen LogP contribution < -0.4 is 4.74 Å². The lowest BCUT2D eigenvalue weighted by Crippen LogP contribution is -2.29. The molecule has 3 heterocycles. The van der Waals surface area contributed by atoms with Crippen LogP contribution in [0.2, 0.25) is 5.02 Å². The highest BCUT2D eigenvalue weighted by atomic mass is 35.5. The fourth-order valence-corrected chi connectivity index (χ4v) is 5.25. The van der Waals surface area contributed by atoms with Gasteiger partial charge in [-0.05, 0) is 56.9 Å². The van der Waals surface area contributed by atoms with Crippen molar-refractivity contribution in [2.75, 3.05) is 0 Å². The van der Waals surface area contributed by atoms with Crippen molar-refractivity contribution in [1.29, 1.82) is 0 Å². The zero-order chi connectivity index (χ0) is 25.7. The summed E-state index contributed by atoms with van der Waals surface area (Å²) in [5, 5.41) is 4.86. The summed E-state index contributed by atoms with van der Waals surface area (Å²) in [5.41, 5.74) is 4.30. The Kier molecular flexibility index (Phi) is 5.82. The van der Waals surface area contributed by atoms with E-state index in [0.717, 1.165) is 22.4 Å². The van der Waals surface area contributed by atoms with Crippen molar-refractivity contribution < 1.29 is 13.5 Å². The Hall–Kier alpha value is -3.59. The molecule has 0 saturated heterocycles. The van der Waals surface area contributed by atoms with Crippen LogP contribution in [0.4, 0.5) is 8.78 Å². The van der Waals surface area contributed by atoms with E-state index in [2.05, 4.69) is 20.1 Å². The Morgan fingerprint density at radius 1 is 1.11 bits per heavy atom. The predicted molar refractivity (Wildman–Crippen MR) is 138 cm³/mol. The molecule has 1 aliphatic carbocycles. The van der Waals surface area contributed by atoms with Gasteiger partial charge in [-0.1, -0.05) is 11.6 Å². The zero-order valence-electron chi connectivity index (χ0n) is 20.4. The van der Waals surface area contributed by atoms with Crippen molar-refractivity contribution in [3.05, 3.63) is 59.8 Å². The number of halogens is 3. The minimum absolute atomic E-state index is 0.0119. The van der Waals surface area contributed by atoms with Gasteiger partial charge in [0.2, 0.25) is 5.92 Å². The summed E-state index contributed by atoms with van der Waals surface area (Å²) in [6, 6.07) is 9.21. The fourth-order valence-electron chi connectivity index (χ4n) is 5.00. The second-order valence-corrected chi connectivity index (χ2v) is 10.1. The normalized spacial score (nSPS) is 16.9. The maximum absolute atomic E-state index is 13.6. The van der Waals surface area contributed by atoms with Gasteiger partial charge in [0.25, 0.3) is 0 Å². The van der Waals surface area contributed by atoms with Crippen LogP contribution in [0, 0.1) is 12.8 Å². The van der Waals surface area contributed by atoms with Crippen LogP contribution >= 0.6 is 11.6 Å². The van der Waals surface area contributed by atoms with Crippen molar-refractivity contribution >= 4 is 33.7 Å². The van der Waals surface area contributed by atoms with E-state index in [1.807, 2.05) is 49.0 Å². The molecule has 2 aromatic carbocycles. The molecule has 1 fully saturated rings. The lowest BCUT2D eigenvalue weighted by molar-refractivity contribution is -0.0510. The van der Waals surface area contributed by atoms with Gasteiger partial charge in [0.15, 0.2) is 0 Å². The fraction of sp³-hybridized carbons (Fsp3) is 0.333. The monoisotopic (exact) mass is 522 g/mol. The molecule has 190 valence electrons. The second-order valence-electron chi connectivity index (χ2n) is 9.75. The van der Waals surface area contributed by atoms with E-state index in [-0.39, 0.29) is 24.8 Å². The SMILES string of the molecule is Cc1nc2ccc(Oc3ccc4ncc(-c5cnn(C(C)C6CCC(F)(F)CC6)c5)nc4c3Cl)cc2[nH]1. The lowest BCUT2D eigenvalue weighted by atomic mass is 9.83. The maximum Gasteiger partial charge on any atom is 0.248 e. The number of ether oxygens (including phenoxy) is 1. The van der Waals surface area contributed by atoms with Gasteiger partial charge in [0.1, 0.15) is 27.9 Å². The van der Waals surface area contributed by atoms with E-state index >= 15 is 0 Å².